The van der Waals surface area contributed by atoms with Crippen molar-refractivity contribution in [3.8, 4) is 0 Å². The van der Waals surface area contributed by atoms with Crippen molar-refractivity contribution in [3.63, 3.8) is 0 Å². The van der Waals surface area contributed by atoms with Crippen LogP contribution in [-0.2, 0) is 16.0 Å². The van der Waals surface area contributed by atoms with Gasteiger partial charge in [0.05, 0.1) is 0 Å². The largest absolute Gasteiger partial charge is 0.480 e. The van der Waals surface area contributed by atoms with Crippen molar-refractivity contribution >= 4 is 33.8 Å². The van der Waals surface area contributed by atoms with E-state index >= 15 is 0 Å². The second-order valence-electron chi connectivity index (χ2n) is 9.85. The highest BCUT2D eigenvalue weighted by atomic mass is 16.4. The number of allylic oxidation sites excluding steroid dienone is 2. The number of ketones is 1. The molecule has 0 saturated carbocycles. The number of carboxylic acid groups (broad SMARTS) is 1. The zero-order valence-electron chi connectivity index (χ0n) is 19.0. The van der Waals surface area contributed by atoms with E-state index in [1.54, 1.807) is 0 Å². The second-order valence-corrected chi connectivity index (χ2v) is 9.85. The number of fused-ring (bicyclic) bond motifs is 3. The topological polar surface area (TPSA) is 66.7 Å². The van der Waals surface area contributed by atoms with Crippen molar-refractivity contribution < 1.29 is 14.7 Å². The minimum Gasteiger partial charge on any atom is -0.480 e. The summed E-state index contributed by atoms with van der Waals surface area (Å²) >= 11 is 0. The minimum absolute atomic E-state index is 0.108. The fourth-order valence-electron chi connectivity index (χ4n) is 5.17. The van der Waals surface area contributed by atoms with Crippen LogP contribution in [0.4, 0.5) is 0 Å². The Morgan fingerprint density at radius 3 is 2.45 bits per heavy atom. The molecule has 4 heteroatoms. The van der Waals surface area contributed by atoms with Crippen LogP contribution in [0.2, 0.25) is 0 Å². The number of carbonyl (C=O) groups is 2. The molecule has 0 aliphatic heterocycles. The highest BCUT2D eigenvalue weighted by Gasteiger charge is 2.37. The third kappa shape index (κ3) is 3.91. The number of carbonyl (C=O) groups excluding carboxylic acids is 1. The van der Waals surface area contributed by atoms with Gasteiger partial charge in [0.1, 0.15) is 5.71 Å². The van der Waals surface area contributed by atoms with E-state index < -0.39 is 12.0 Å². The molecular weight excluding hydrogens is 410 g/mol. The normalized spacial score (nSPS) is 19.3. The van der Waals surface area contributed by atoms with Crippen molar-refractivity contribution in [2.45, 2.75) is 45.6 Å². The first-order valence-electron chi connectivity index (χ1n) is 11.5. The first-order chi connectivity index (χ1) is 15.8. The average Bonchev–Trinajstić information content (AvgIpc) is 2.80. The maximum atomic E-state index is 13.6. The first-order valence-corrected chi connectivity index (χ1v) is 11.5. The summed E-state index contributed by atoms with van der Waals surface area (Å²) in [5.41, 5.74) is 5.03. The van der Waals surface area contributed by atoms with E-state index in [0.717, 1.165) is 51.5 Å². The molecule has 0 unspecified atom stereocenters. The van der Waals surface area contributed by atoms with Gasteiger partial charge in [0.2, 0.25) is 5.78 Å². The van der Waals surface area contributed by atoms with Crippen LogP contribution in [0, 0.1) is 5.41 Å². The summed E-state index contributed by atoms with van der Waals surface area (Å²) in [7, 11) is 0. The average molecular weight is 438 g/mol. The molecule has 3 aromatic carbocycles. The lowest BCUT2D eigenvalue weighted by Gasteiger charge is -2.36. The Balaban J connectivity index is 1.59. The fraction of sp³-hybridized carbons (Fsp3) is 0.276. The van der Waals surface area contributed by atoms with Gasteiger partial charge in [0.25, 0.3) is 0 Å². The highest BCUT2D eigenvalue weighted by Crippen LogP contribution is 2.46. The number of rotatable bonds is 4. The molecule has 0 aromatic heterocycles. The molecule has 0 heterocycles. The second kappa shape index (κ2) is 8.11. The molecule has 0 fully saturated rings. The summed E-state index contributed by atoms with van der Waals surface area (Å²) in [6, 6.07) is 20.6. The maximum Gasteiger partial charge on any atom is 0.328 e. The van der Waals surface area contributed by atoms with E-state index in [9.17, 15) is 14.7 Å². The Labute approximate surface area is 193 Å². The van der Waals surface area contributed by atoms with E-state index in [2.05, 4.69) is 18.8 Å². The van der Waals surface area contributed by atoms with Gasteiger partial charge in [0.15, 0.2) is 6.04 Å². The van der Waals surface area contributed by atoms with Crippen LogP contribution in [0.25, 0.3) is 16.3 Å². The van der Waals surface area contributed by atoms with Crippen molar-refractivity contribution in [2.24, 2.45) is 10.4 Å². The lowest BCUT2D eigenvalue weighted by Crippen LogP contribution is -2.32. The Morgan fingerprint density at radius 2 is 1.67 bits per heavy atom. The Bertz CT molecular complexity index is 1340. The zero-order valence-corrected chi connectivity index (χ0v) is 19.0. The van der Waals surface area contributed by atoms with Crippen molar-refractivity contribution in [3.05, 3.63) is 89.0 Å². The van der Waals surface area contributed by atoms with E-state index in [0.29, 0.717) is 6.42 Å². The molecule has 2 aliphatic rings. The molecular formula is C29H27NO3. The number of carboxylic acids is 1. The molecule has 0 amide bonds. The van der Waals surface area contributed by atoms with E-state index in [4.69, 9.17) is 0 Å². The molecule has 2 aliphatic carbocycles. The molecule has 0 bridgehead atoms. The zero-order chi connectivity index (χ0) is 23.2. The molecule has 3 aromatic rings. The summed E-state index contributed by atoms with van der Waals surface area (Å²) in [5.74, 6) is -1.13. The van der Waals surface area contributed by atoms with Crippen molar-refractivity contribution in [2.75, 3.05) is 0 Å². The van der Waals surface area contributed by atoms with Gasteiger partial charge in [-0.2, -0.15) is 0 Å². The van der Waals surface area contributed by atoms with Crippen LogP contribution in [0.1, 0.15) is 49.8 Å². The molecule has 0 saturated heterocycles. The molecule has 166 valence electrons. The predicted octanol–water partition coefficient (Wildman–Crippen LogP) is 5.87. The van der Waals surface area contributed by atoms with E-state index in [1.165, 1.54) is 0 Å². The summed E-state index contributed by atoms with van der Waals surface area (Å²) in [5, 5.41) is 12.1. The Morgan fingerprint density at radius 1 is 0.970 bits per heavy atom. The number of hydrogen-bond acceptors (Lipinski definition) is 3. The van der Waals surface area contributed by atoms with Crippen molar-refractivity contribution in [1.82, 2.24) is 0 Å². The smallest absolute Gasteiger partial charge is 0.328 e. The number of nitrogens with zero attached hydrogens (tertiary/aromatic N) is 1. The van der Waals surface area contributed by atoms with Crippen LogP contribution in [-0.4, -0.2) is 28.6 Å². The van der Waals surface area contributed by atoms with Gasteiger partial charge in [-0.25, -0.2) is 4.79 Å². The van der Waals surface area contributed by atoms with Gasteiger partial charge in [-0.05, 0) is 52.1 Å². The number of hydrogen-bond donors (Lipinski definition) is 1. The van der Waals surface area contributed by atoms with Crippen LogP contribution in [0.3, 0.4) is 0 Å². The van der Waals surface area contributed by atoms with Crippen LogP contribution < -0.4 is 0 Å². The summed E-state index contributed by atoms with van der Waals surface area (Å²) < 4.78 is 0. The van der Waals surface area contributed by atoms with Crippen molar-refractivity contribution in [1.29, 1.82) is 0 Å². The third-order valence-electron chi connectivity index (χ3n) is 6.93. The fourth-order valence-corrected chi connectivity index (χ4v) is 5.17. The van der Waals surface area contributed by atoms with E-state index in [1.807, 2.05) is 66.7 Å². The monoisotopic (exact) mass is 437 g/mol. The highest BCUT2D eigenvalue weighted by molar-refractivity contribution is 6.54. The molecule has 0 radical (unpaired) electrons. The summed E-state index contributed by atoms with van der Waals surface area (Å²) in [6.07, 6.45) is 2.71. The lowest BCUT2D eigenvalue weighted by molar-refractivity contribution is -0.138. The summed E-state index contributed by atoms with van der Waals surface area (Å²) in [4.78, 5) is 30.5. The quantitative estimate of drug-likeness (QED) is 0.555. The maximum absolute atomic E-state index is 13.6. The van der Waals surface area contributed by atoms with Crippen LogP contribution in [0.5, 0.6) is 0 Å². The predicted molar refractivity (Wildman–Crippen MR) is 132 cm³/mol. The van der Waals surface area contributed by atoms with Gasteiger partial charge in [-0.3, -0.25) is 9.79 Å². The minimum atomic E-state index is -1.04. The van der Waals surface area contributed by atoms with Gasteiger partial charge in [-0.15, -0.1) is 0 Å². The molecule has 0 spiro atoms. The van der Waals surface area contributed by atoms with E-state index in [-0.39, 0.29) is 23.3 Å². The third-order valence-corrected chi connectivity index (χ3v) is 6.93. The number of benzene rings is 3. The number of Topliss-reactive ketones (excluding diaryl/α,β-unsaturated/α-hetero) is 1. The Hall–Kier alpha value is -3.53. The molecule has 5 rings (SSSR count). The standard InChI is InChI=1S/C29H27NO3/c1-29(2)15-14-23-24(17-29)21-12-5-6-13-22(21)26(27(23)31)30-25(28(32)33)16-19-10-7-9-18-8-3-4-11-20(18)19/h3-13,25H,14-17H2,1-2H3,(H,32,33)/b30-26-/t25-/m0/s1. The lowest BCUT2D eigenvalue weighted by atomic mass is 9.68. The van der Waals surface area contributed by atoms with Crippen LogP contribution in [0.15, 0.2) is 77.3 Å². The SMILES string of the molecule is CC1(C)CCC2=C(C1)c1ccccc1/C(=N/[C@@H](Cc1cccc3ccccc13)C(=O)O)C2=O. The number of aliphatic carboxylic acids is 1. The molecule has 4 nitrogen and oxygen atoms in total. The van der Waals surface area contributed by atoms with Gasteiger partial charge >= 0.3 is 5.97 Å². The number of aliphatic imine (C=N–C) groups is 1. The molecule has 1 N–H and O–H groups in total. The summed E-state index contributed by atoms with van der Waals surface area (Å²) in [6.45, 7) is 4.47. The molecule has 1 atom stereocenters. The van der Waals surface area contributed by atoms with Gasteiger partial charge in [-0.1, -0.05) is 80.6 Å². The first kappa shape index (κ1) is 21.3. The van der Waals surface area contributed by atoms with Gasteiger partial charge < -0.3 is 5.11 Å². The molecule has 33 heavy (non-hydrogen) atoms. The Kier molecular flexibility index (Phi) is 5.24. The van der Waals surface area contributed by atoms with Gasteiger partial charge in [0, 0.05) is 17.6 Å². The van der Waals surface area contributed by atoms with Crippen LogP contribution >= 0.6 is 0 Å².